The maximum absolute atomic E-state index is 4.32. The molecule has 4 nitrogen and oxygen atoms in total. The van der Waals surface area contributed by atoms with Crippen molar-refractivity contribution in [1.82, 2.24) is 9.97 Å². The molecule has 1 N–H and O–H groups in total. The maximum Gasteiger partial charge on any atom is 0.148 e. The second-order valence-corrected chi connectivity index (χ2v) is 5.48. The molecule has 6 heteroatoms. The predicted molar refractivity (Wildman–Crippen MR) is 80.2 cm³/mol. The van der Waals surface area contributed by atoms with Crippen LogP contribution in [0, 0.1) is 0 Å². The van der Waals surface area contributed by atoms with Gasteiger partial charge in [0.15, 0.2) is 0 Å². The lowest BCUT2D eigenvalue weighted by Crippen LogP contribution is -2.22. The van der Waals surface area contributed by atoms with Crippen LogP contribution in [-0.4, -0.2) is 42.1 Å². The molecule has 0 bridgehead atoms. The third kappa shape index (κ3) is 4.35. The number of thioether (sulfide) groups is 1. The Balaban J connectivity index is 2.78. The summed E-state index contributed by atoms with van der Waals surface area (Å²) in [7, 11) is 2.05. The number of aromatic nitrogens is 2. The van der Waals surface area contributed by atoms with Gasteiger partial charge >= 0.3 is 0 Å². The van der Waals surface area contributed by atoms with Crippen molar-refractivity contribution in [3.05, 3.63) is 10.8 Å². The summed E-state index contributed by atoms with van der Waals surface area (Å²) in [4.78, 5) is 10.7. The van der Waals surface area contributed by atoms with Crippen molar-refractivity contribution in [2.45, 2.75) is 13.3 Å². The second kappa shape index (κ2) is 7.76. The molecule has 0 spiro atoms. The molecule has 0 unspecified atom stereocenters. The van der Waals surface area contributed by atoms with E-state index in [0.717, 1.165) is 41.4 Å². The van der Waals surface area contributed by atoms with Crippen molar-refractivity contribution < 1.29 is 0 Å². The SMILES string of the molecule is CCCNc1ncnc(N(C)CCSC)c1Br. The van der Waals surface area contributed by atoms with Crippen LogP contribution in [0.5, 0.6) is 0 Å². The monoisotopic (exact) mass is 318 g/mol. The fourth-order valence-electron chi connectivity index (χ4n) is 1.33. The summed E-state index contributed by atoms with van der Waals surface area (Å²) >= 11 is 5.40. The molecule has 1 heterocycles. The van der Waals surface area contributed by atoms with E-state index < -0.39 is 0 Å². The Labute approximate surface area is 116 Å². The third-order valence-corrected chi connectivity index (χ3v) is 3.63. The minimum atomic E-state index is 0.868. The van der Waals surface area contributed by atoms with Gasteiger partial charge in [0.25, 0.3) is 0 Å². The molecule has 96 valence electrons. The smallest absolute Gasteiger partial charge is 0.148 e. The molecule has 1 aromatic heterocycles. The van der Waals surface area contributed by atoms with E-state index in [1.54, 1.807) is 6.33 Å². The molecule has 0 aliphatic rings. The van der Waals surface area contributed by atoms with Crippen LogP contribution in [0.15, 0.2) is 10.8 Å². The molecule has 1 rings (SSSR count). The number of nitrogens with zero attached hydrogens (tertiary/aromatic N) is 3. The number of hydrogen-bond acceptors (Lipinski definition) is 5. The standard InChI is InChI=1S/C11H19BrN4S/c1-4-5-13-10-9(12)11(15-8-14-10)16(2)6-7-17-3/h8H,4-7H2,1-3H3,(H,13,14,15). The predicted octanol–water partition coefficient (Wildman–Crippen LogP) is 2.86. The lowest BCUT2D eigenvalue weighted by atomic mass is 10.4. The average molecular weight is 319 g/mol. The molecule has 0 radical (unpaired) electrons. The summed E-state index contributed by atoms with van der Waals surface area (Å²) in [6.07, 6.45) is 4.79. The van der Waals surface area contributed by atoms with Gasteiger partial charge < -0.3 is 10.2 Å². The normalized spacial score (nSPS) is 10.4. The van der Waals surface area contributed by atoms with Crippen molar-refractivity contribution in [2.24, 2.45) is 0 Å². The van der Waals surface area contributed by atoms with E-state index in [1.807, 2.05) is 18.8 Å². The highest BCUT2D eigenvalue weighted by molar-refractivity contribution is 9.10. The second-order valence-electron chi connectivity index (χ2n) is 3.70. The fourth-order valence-corrected chi connectivity index (χ4v) is 2.43. The van der Waals surface area contributed by atoms with E-state index in [4.69, 9.17) is 0 Å². The molecule has 0 fully saturated rings. The van der Waals surface area contributed by atoms with Crippen LogP contribution in [0.1, 0.15) is 13.3 Å². The molecule has 0 saturated carbocycles. The maximum atomic E-state index is 4.32. The first-order valence-electron chi connectivity index (χ1n) is 5.65. The van der Waals surface area contributed by atoms with Gasteiger partial charge in [0.1, 0.15) is 22.4 Å². The summed E-state index contributed by atoms with van der Waals surface area (Å²) < 4.78 is 0.942. The summed E-state index contributed by atoms with van der Waals surface area (Å²) in [5, 5.41) is 3.28. The van der Waals surface area contributed by atoms with Crippen LogP contribution in [0.25, 0.3) is 0 Å². The molecule has 0 aliphatic heterocycles. The lowest BCUT2D eigenvalue weighted by molar-refractivity contribution is 0.920. The first-order chi connectivity index (χ1) is 8.20. The average Bonchev–Trinajstić information content (AvgIpc) is 2.34. The Morgan fingerprint density at radius 3 is 2.88 bits per heavy atom. The van der Waals surface area contributed by atoms with E-state index in [9.17, 15) is 0 Å². The molecule has 0 saturated heterocycles. The zero-order chi connectivity index (χ0) is 12.7. The number of nitrogens with one attached hydrogen (secondary N) is 1. The van der Waals surface area contributed by atoms with E-state index >= 15 is 0 Å². The summed E-state index contributed by atoms with van der Waals surface area (Å²) in [5.41, 5.74) is 0. The van der Waals surface area contributed by atoms with Gasteiger partial charge in [0, 0.05) is 25.9 Å². The van der Waals surface area contributed by atoms with Gasteiger partial charge in [-0.05, 0) is 28.6 Å². The van der Waals surface area contributed by atoms with Crippen LogP contribution in [-0.2, 0) is 0 Å². The van der Waals surface area contributed by atoms with Crippen LogP contribution in [0.3, 0.4) is 0 Å². The first-order valence-corrected chi connectivity index (χ1v) is 7.83. The fraction of sp³-hybridized carbons (Fsp3) is 0.636. The molecule has 0 amide bonds. The molecule has 0 atom stereocenters. The highest BCUT2D eigenvalue weighted by Crippen LogP contribution is 2.28. The highest BCUT2D eigenvalue weighted by atomic mass is 79.9. The molecular formula is C11H19BrN4S. The molecule has 17 heavy (non-hydrogen) atoms. The summed E-state index contributed by atoms with van der Waals surface area (Å²) in [6, 6.07) is 0. The van der Waals surface area contributed by atoms with Gasteiger partial charge in [-0.15, -0.1) is 0 Å². The largest absolute Gasteiger partial charge is 0.369 e. The Hall–Kier alpha value is -0.490. The Kier molecular flexibility index (Phi) is 6.65. The molecule has 1 aromatic rings. The van der Waals surface area contributed by atoms with E-state index in [0.29, 0.717) is 0 Å². The first kappa shape index (κ1) is 14.6. The Morgan fingerprint density at radius 2 is 2.24 bits per heavy atom. The number of halogens is 1. The summed E-state index contributed by atoms with van der Waals surface area (Å²) in [6.45, 7) is 4.03. The van der Waals surface area contributed by atoms with Crippen molar-refractivity contribution in [1.29, 1.82) is 0 Å². The van der Waals surface area contributed by atoms with Crippen LogP contribution in [0.4, 0.5) is 11.6 Å². The van der Waals surface area contributed by atoms with Crippen molar-refractivity contribution in [3.63, 3.8) is 0 Å². The Bertz CT molecular complexity index is 348. The van der Waals surface area contributed by atoms with Gasteiger partial charge in [0.05, 0.1) is 0 Å². The highest BCUT2D eigenvalue weighted by Gasteiger charge is 2.11. The van der Waals surface area contributed by atoms with Crippen LogP contribution >= 0.6 is 27.7 Å². The van der Waals surface area contributed by atoms with Gasteiger partial charge in [-0.2, -0.15) is 11.8 Å². The van der Waals surface area contributed by atoms with Gasteiger partial charge in [-0.1, -0.05) is 6.92 Å². The molecular weight excluding hydrogens is 300 g/mol. The van der Waals surface area contributed by atoms with Gasteiger partial charge in [0.2, 0.25) is 0 Å². The zero-order valence-corrected chi connectivity index (χ0v) is 12.9. The Morgan fingerprint density at radius 1 is 1.47 bits per heavy atom. The zero-order valence-electron chi connectivity index (χ0n) is 10.5. The number of anilines is 2. The van der Waals surface area contributed by atoms with Crippen LogP contribution < -0.4 is 10.2 Å². The minimum absolute atomic E-state index is 0.868. The van der Waals surface area contributed by atoms with Gasteiger partial charge in [-0.25, -0.2) is 9.97 Å². The van der Waals surface area contributed by atoms with Crippen molar-refractivity contribution in [3.8, 4) is 0 Å². The summed E-state index contributed by atoms with van der Waals surface area (Å²) in [5.74, 6) is 2.89. The van der Waals surface area contributed by atoms with E-state index in [1.165, 1.54) is 0 Å². The van der Waals surface area contributed by atoms with Crippen molar-refractivity contribution >= 4 is 39.3 Å². The van der Waals surface area contributed by atoms with Crippen molar-refractivity contribution in [2.75, 3.05) is 42.4 Å². The van der Waals surface area contributed by atoms with E-state index in [2.05, 4.69) is 49.3 Å². The lowest BCUT2D eigenvalue weighted by Gasteiger charge is -2.20. The van der Waals surface area contributed by atoms with Gasteiger partial charge in [-0.3, -0.25) is 0 Å². The van der Waals surface area contributed by atoms with Crippen LogP contribution in [0.2, 0.25) is 0 Å². The third-order valence-electron chi connectivity index (χ3n) is 2.31. The topological polar surface area (TPSA) is 41.1 Å². The number of hydrogen-bond donors (Lipinski definition) is 1. The quantitative estimate of drug-likeness (QED) is 0.837. The van der Waals surface area contributed by atoms with E-state index in [-0.39, 0.29) is 0 Å². The molecule has 0 aliphatic carbocycles. The number of rotatable bonds is 7. The minimum Gasteiger partial charge on any atom is -0.369 e. The molecule has 0 aromatic carbocycles.